The molecule has 0 aromatic heterocycles. The Morgan fingerprint density at radius 1 is 1.15 bits per heavy atom. The molecule has 70 valence electrons. The van der Waals surface area contributed by atoms with Crippen molar-refractivity contribution in [2.24, 2.45) is 0 Å². The summed E-state index contributed by atoms with van der Waals surface area (Å²) in [4.78, 5) is 9.45. The quantitative estimate of drug-likeness (QED) is 0.540. The average Bonchev–Trinajstić information content (AvgIpc) is 1.36. The van der Waals surface area contributed by atoms with E-state index in [1.54, 1.807) is 0 Å². The standard InChI is InChI=1S/C3H6O3.Ca.3ClH.K.2Na.5H/c1-2(4)3(5)6;;;;;;;;;;;;/h2,4H,1H3,(H,5,6);;3*1H;;;;;;;;. The van der Waals surface area contributed by atoms with E-state index in [9.17, 15) is 4.79 Å². The van der Waals surface area contributed by atoms with Crippen LogP contribution in [0, 0.1) is 0 Å². The number of carboxylic acids is 1. The van der Waals surface area contributed by atoms with Gasteiger partial charge in [0.1, 0.15) is 6.10 Å². The Balaban J connectivity index is -0.00000000595. The van der Waals surface area contributed by atoms with Gasteiger partial charge in [0.05, 0.1) is 0 Å². The van der Waals surface area contributed by atoms with Crippen molar-refractivity contribution in [1.82, 2.24) is 0 Å². The molecule has 0 saturated carbocycles. The number of hydrogen-bond acceptors (Lipinski definition) is 2. The zero-order valence-electron chi connectivity index (χ0n) is 4.60. The molecule has 1 unspecified atom stereocenters. The molecule has 0 aliphatic rings. The summed E-state index contributed by atoms with van der Waals surface area (Å²) in [5.74, 6) is -1.19. The maximum atomic E-state index is 9.45. The fraction of sp³-hybridized carbons (Fsp3) is 0.667. The number of hydrogen-bond donors (Lipinski definition) is 2. The summed E-state index contributed by atoms with van der Waals surface area (Å²) >= 11 is 0. The topological polar surface area (TPSA) is 57.5 Å². The fourth-order valence-electron chi connectivity index (χ4n) is 0. The summed E-state index contributed by atoms with van der Waals surface area (Å²) in [6, 6.07) is 0. The molecule has 2 N–H and O–H groups in total. The van der Waals surface area contributed by atoms with Crippen molar-refractivity contribution in [3.05, 3.63) is 0 Å². The molecule has 0 fully saturated rings. The minimum atomic E-state index is -1.23. The number of rotatable bonds is 1. The van der Waals surface area contributed by atoms with Crippen LogP contribution in [0.25, 0.3) is 0 Å². The van der Waals surface area contributed by atoms with Crippen molar-refractivity contribution < 1.29 is 15.0 Å². The summed E-state index contributed by atoms with van der Waals surface area (Å²) in [5, 5.41) is 15.8. The molecule has 0 aliphatic heterocycles. The first-order valence-electron chi connectivity index (χ1n) is 1.55. The van der Waals surface area contributed by atoms with Gasteiger partial charge < -0.3 is 10.2 Å². The van der Waals surface area contributed by atoms with Crippen molar-refractivity contribution in [2.75, 3.05) is 0 Å². The maximum absolute atomic E-state index is 9.45. The SMILES string of the molecule is CC(O)C(=O)O.Cl.Cl.Cl.[CaH2].[KH].[NaH].[NaH]. The van der Waals surface area contributed by atoms with Crippen LogP contribution in [0.5, 0.6) is 0 Å². The first-order chi connectivity index (χ1) is 2.64. The molecule has 0 radical (unpaired) electrons. The van der Waals surface area contributed by atoms with Crippen LogP contribution in [-0.4, -0.2) is 171 Å². The van der Waals surface area contributed by atoms with E-state index in [2.05, 4.69) is 0 Å². The zero-order chi connectivity index (χ0) is 5.15. The van der Waals surface area contributed by atoms with Crippen molar-refractivity contribution in [1.29, 1.82) is 0 Å². The molecule has 0 rings (SSSR count). The van der Waals surface area contributed by atoms with Gasteiger partial charge in [-0.1, -0.05) is 0 Å². The summed E-state index contributed by atoms with van der Waals surface area (Å²) in [7, 11) is 0. The van der Waals surface area contributed by atoms with E-state index in [0.29, 0.717) is 0 Å². The molecule has 0 bridgehead atoms. The van der Waals surface area contributed by atoms with E-state index in [0.717, 1.165) is 0 Å². The molecule has 1 atom stereocenters. The molecule has 0 saturated heterocycles. The number of aliphatic hydroxyl groups excluding tert-OH is 1. The van der Waals surface area contributed by atoms with Gasteiger partial charge in [0.25, 0.3) is 0 Å². The van der Waals surface area contributed by atoms with Gasteiger partial charge in [-0.25, -0.2) is 4.79 Å². The Hall–Kier alpha value is 5.20. The van der Waals surface area contributed by atoms with E-state index in [1.165, 1.54) is 6.92 Å². The monoisotopic (exact) mass is 328 g/mol. The Morgan fingerprint density at radius 3 is 1.23 bits per heavy atom. The third kappa shape index (κ3) is 47.0. The summed E-state index contributed by atoms with van der Waals surface area (Å²) in [6.07, 6.45) is -1.23. The minimum absolute atomic E-state index is 0. The Kier molecular flexibility index (Phi) is 143. The van der Waals surface area contributed by atoms with Gasteiger partial charge in [-0.15, -0.1) is 37.2 Å². The molecule has 0 heterocycles. The van der Waals surface area contributed by atoms with E-state index in [4.69, 9.17) is 10.2 Å². The van der Waals surface area contributed by atoms with Crippen LogP contribution in [0.1, 0.15) is 6.92 Å². The van der Waals surface area contributed by atoms with Crippen LogP contribution in [-0.2, 0) is 4.79 Å². The summed E-state index contributed by atoms with van der Waals surface area (Å²) in [6.45, 7) is 1.20. The Bertz CT molecular complexity index is 82.9. The van der Waals surface area contributed by atoms with Gasteiger partial charge >= 0.3 is 154 Å². The number of halogens is 3. The fourth-order valence-corrected chi connectivity index (χ4v) is 0. The Labute approximate surface area is 214 Å². The third-order valence-electron chi connectivity index (χ3n) is 0.357. The van der Waals surface area contributed by atoms with Gasteiger partial charge in [0.2, 0.25) is 0 Å². The average molecular weight is 330 g/mol. The molecule has 10 heteroatoms. The number of aliphatic carboxylic acids is 1. The van der Waals surface area contributed by atoms with E-state index < -0.39 is 12.1 Å². The van der Waals surface area contributed by atoms with E-state index in [1.807, 2.05) is 0 Å². The van der Waals surface area contributed by atoms with Crippen molar-refractivity contribution in [3.63, 3.8) is 0 Å². The zero-order valence-corrected chi connectivity index (χ0v) is 7.05. The normalized spacial score (nSPS) is 6.31. The predicted octanol–water partition coefficient (Wildman–Crippen LogP) is -2.14. The van der Waals surface area contributed by atoms with Gasteiger partial charge in [0.15, 0.2) is 0 Å². The summed E-state index contributed by atoms with van der Waals surface area (Å²) in [5.41, 5.74) is 0. The van der Waals surface area contributed by atoms with Gasteiger partial charge in [0, 0.05) is 0 Å². The van der Waals surface area contributed by atoms with Crippen molar-refractivity contribution in [2.45, 2.75) is 13.0 Å². The predicted molar refractivity (Wildman–Crippen MR) is 71.1 cm³/mol. The Morgan fingerprint density at radius 2 is 1.23 bits per heavy atom. The van der Waals surface area contributed by atoms with Crippen molar-refractivity contribution >= 4 is 191 Å². The van der Waals surface area contributed by atoms with E-state index in [-0.39, 0.29) is 185 Å². The van der Waals surface area contributed by atoms with Crippen LogP contribution >= 0.6 is 37.2 Å². The van der Waals surface area contributed by atoms with Gasteiger partial charge in [-0.05, 0) is 6.92 Å². The molecule has 0 aliphatic carbocycles. The van der Waals surface area contributed by atoms with Crippen LogP contribution in [0.2, 0.25) is 0 Å². The second kappa shape index (κ2) is 36.0. The second-order valence-electron chi connectivity index (χ2n) is 1.01. The molecule has 0 aromatic rings. The number of aliphatic hydroxyl groups is 1. The van der Waals surface area contributed by atoms with Gasteiger partial charge in [-0.3, -0.25) is 0 Å². The molecule has 0 aromatic carbocycles. The number of carbonyl (C=O) groups is 1. The number of carboxylic acid groups (broad SMARTS) is 1. The second-order valence-corrected chi connectivity index (χ2v) is 1.01. The van der Waals surface area contributed by atoms with Crippen LogP contribution in [0.4, 0.5) is 0 Å². The molecule has 13 heavy (non-hydrogen) atoms. The molecule has 3 nitrogen and oxygen atoms in total. The van der Waals surface area contributed by atoms with Crippen LogP contribution < -0.4 is 0 Å². The first-order valence-corrected chi connectivity index (χ1v) is 1.55. The van der Waals surface area contributed by atoms with Gasteiger partial charge in [-0.2, -0.15) is 0 Å². The molecule has 0 amide bonds. The van der Waals surface area contributed by atoms with E-state index >= 15 is 0 Å². The molecule has 0 spiro atoms. The van der Waals surface area contributed by atoms with Crippen molar-refractivity contribution in [3.8, 4) is 0 Å². The first kappa shape index (κ1) is 51.8. The summed E-state index contributed by atoms with van der Waals surface area (Å²) < 4.78 is 0. The van der Waals surface area contributed by atoms with Crippen LogP contribution in [0.15, 0.2) is 0 Å². The third-order valence-corrected chi connectivity index (χ3v) is 0.357. The van der Waals surface area contributed by atoms with Crippen LogP contribution in [0.3, 0.4) is 0 Å². The molecular formula is C3H14CaCl3KNa2O3. The molecular weight excluding hydrogens is 316 g/mol.